The van der Waals surface area contributed by atoms with Crippen molar-refractivity contribution >= 4 is 35.9 Å². The molecule has 0 saturated carbocycles. The van der Waals surface area contributed by atoms with Crippen LogP contribution in [0.25, 0.3) is 10.8 Å². The molecule has 17 heavy (non-hydrogen) atoms. The number of aromatic amines is 1. The highest BCUT2D eigenvalue weighted by atomic mass is 16.1. The van der Waals surface area contributed by atoms with Crippen molar-refractivity contribution in [2.75, 3.05) is 0 Å². The van der Waals surface area contributed by atoms with Gasteiger partial charge in [-0.15, -0.1) is 0 Å². The Labute approximate surface area is 95.4 Å². The topological polar surface area (TPSA) is 84.1 Å². The number of carbonyl (C=O) groups is 4. The second kappa shape index (κ2) is 4.13. The van der Waals surface area contributed by atoms with Crippen molar-refractivity contribution in [2.45, 2.75) is 0 Å². The fraction of sp³-hybridized carbons (Fsp3) is 0. The third-order valence-electron chi connectivity index (χ3n) is 2.52. The Kier molecular flexibility index (Phi) is 2.66. The van der Waals surface area contributed by atoms with Gasteiger partial charge in [-0.05, 0) is 12.1 Å². The van der Waals surface area contributed by atoms with E-state index in [1.54, 1.807) is 0 Å². The van der Waals surface area contributed by atoms with Crippen molar-refractivity contribution in [3.63, 3.8) is 0 Å². The van der Waals surface area contributed by atoms with Gasteiger partial charge in [0.05, 0.1) is 11.4 Å². The number of hydrogen-bond donors (Lipinski definition) is 1. The van der Waals surface area contributed by atoms with Gasteiger partial charge in [0, 0.05) is 21.9 Å². The van der Waals surface area contributed by atoms with E-state index in [1.807, 2.05) is 0 Å². The zero-order chi connectivity index (χ0) is 12.4. The number of aromatic nitrogens is 1. The molecule has 0 aliphatic heterocycles. The summed E-state index contributed by atoms with van der Waals surface area (Å²) in [5.74, 6) is 0. The highest BCUT2D eigenvalue weighted by Gasteiger charge is 2.14. The second-order valence-electron chi connectivity index (χ2n) is 3.46. The lowest BCUT2D eigenvalue weighted by Gasteiger charge is -1.98. The molecule has 2 rings (SSSR count). The van der Waals surface area contributed by atoms with E-state index >= 15 is 0 Å². The molecule has 0 amide bonds. The minimum atomic E-state index is 0.154. The SMILES string of the molecule is O=Cc1cc(C=O)c2c(C=O)[nH]c(C=O)c2c1. The first-order valence-electron chi connectivity index (χ1n) is 4.75. The van der Waals surface area contributed by atoms with E-state index in [2.05, 4.69) is 4.98 Å². The summed E-state index contributed by atoms with van der Waals surface area (Å²) >= 11 is 0. The van der Waals surface area contributed by atoms with Crippen LogP contribution in [-0.2, 0) is 0 Å². The molecule has 2 aromatic rings. The summed E-state index contributed by atoms with van der Waals surface area (Å²) in [6, 6.07) is 2.83. The number of benzene rings is 1. The van der Waals surface area contributed by atoms with Gasteiger partial charge in [-0.2, -0.15) is 0 Å². The first kappa shape index (κ1) is 10.9. The van der Waals surface area contributed by atoms with Crippen molar-refractivity contribution in [2.24, 2.45) is 0 Å². The molecule has 0 bridgehead atoms. The zero-order valence-corrected chi connectivity index (χ0v) is 8.60. The molecule has 1 aromatic carbocycles. The molecular formula is C12H7NO4. The van der Waals surface area contributed by atoms with Gasteiger partial charge in [0.15, 0.2) is 18.9 Å². The Morgan fingerprint density at radius 3 is 2.06 bits per heavy atom. The molecule has 0 fully saturated rings. The predicted octanol–water partition coefficient (Wildman–Crippen LogP) is 1.42. The van der Waals surface area contributed by atoms with E-state index < -0.39 is 0 Å². The summed E-state index contributed by atoms with van der Waals surface area (Å²) in [7, 11) is 0. The number of fused-ring (bicyclic) bond motifs is 1. The molecule has 0 spiro atoms. The number of nitrogens with one attached hydrogen (secondary N) is 1. The molecule has 1 N–H and O–H groups in total. The number of rotatable bonds is 4. The maximum absolute atomic E-state index is 10.9. The average Bonchev–Trinajstić information content (AvgIpc) is 2.75. The van der Waals surface area contributed by atoms with E-state index in [4.69, 9.17) is 0 Å². The minimum Gasteiger partial charge on any atom is -0.349 e. The maximum atomic E-state index is 10.9. The van der Waals surface area contributed by atoms with E-state index in [0.29, 0.717) is 35.9 Å². The maximum Gasteiger partial charge on any atom is 0.166 e. The van der Waals surface area contributed by atoms with Crippen molar-refractivity contribution in [3.8, 4) is 0 Å². The standard InChI is InChI=1S/C12H7NO4/c14-3-7-1-8(4-15)12-9(2-7)10(5-16)13-11(12)6-17/h1-6,13H. The van der Waals surface area contributed by atoms with Gasteiger partial charge in [0.2, 0.25) is 0 Å². The Balaban J connectivity index is 2.98. The molecule has 84 valence electrons. The lowest BCUT2D eigenvalue weighted by Crippen LogP contribution is -1.89. The van der Waals surface area contributed by atoms with Gasteiger partial charge in [-0.1, -0.05) is 0 Å². The summed E-state index contributed by atoms with van der Waals surface area (Å²) in [6.45, 7) is 0. The van der Waals surface area contributed by atoms with Gasteiger partial charge in [-0.25, -0.2) is 0 Å². The van der Waals surface area contributed by atoms with Gasteiger partial charge in [0.1, 0.15) is 6.29 Å². The number of hydrogen-bond acceptors (Lipinski definition) is 4. The summed E-state index contributed by atoms with van der Waals surface area (Å²) in [6.07, 6.45) is 2.20. The lowest BCUT2D eigenvalue weighted by molar-refractivity contribution is 0.110. The molecule has 0 aliphatic rings. The molecule has 0 unspecified atom stereocenters. The van der Waals surface area contributed by atoms with Gasteiger partial charge < -0.3 is 4.98 Å². The summed E-state index contributed by atoms with van der Waals surface area (Å²) in [5, 5.41) is 0.761. The van der Waals surface area contributed by atoms with Crippen LogP contribution >= 0.6 is 0 Å². The fourth-order valence-corrected chi connectivity index (χ4v) is 1.82. The molecule has 0 aliphatic carbocycles. The summed E-state index contributed by atoms with van der Waals surface area (Å²) in [4.78, 5) is 45.9. The Morgan fingerprint density at radius 2 is 1.53 bits per heavy atom. The Morgan fingerprint density at radius 1 is 0.824 bits per heavy atom. The van der Waals surface area contributed by atoms with E-state index in [9.17, 15) is 19.2 Å². The first-order valence-corrected chi connectivity index (χ1v) is 4.75. The second-order valence-corrected chi connectivity index (χ2v) is 3.46. The van der Waals surface area contributed by atoms with Crippen LogP contribution in [0.4, 0.5) is 0 Å². The zero-order valence-electron chi connectivity index (χ0n) is 8.60. The van der Waals surface area contributed by atoms with Crippen LogP contribution in [0.3, 0.4) is 0 Å². The molecular weight excluding hydrogens is 222 g/mol. The molecule has 5 nitrogen and oxygen atoms in total. The minimum absolute atomic E-state index is 0.154. The van der Waals surface area contributed by atoms with Gasteiger partial charge in [0.25, 0.3) is 0 Å². The molecule has 1 aromatic heterocycles. The van der Waals surface area contributed by atoms with Crippen LogP contribution in [0.15, 0.2) is 12.1 Å². The van der Waals surface area contributed by atoms with Crippen molar-refractivity contribution in [1.82, 2.24) is 4.98 Å². The lowest BCUT2D eigenvalue weighted by atomic mass is 10.0. The van der Waals surface area contributed by atoms with E-state index in [0.717, 1.165) is 0 Å². The summed E-state index contributed by atoms with van der Waals surface area (Å²) in [5.41, 5.74) is 0.811. The van der Waals surface area contributed by atoms with Crippen LogP contribution < -0.4 is 0 Å². The summed E-state index contributed by atoms with van der Waals surface area (Å²) < 4.78 is 0. The fourth-order valence-electron chi connectivity index (χ4n) is 1.82. The van der Waals surface area contributed by atoms with Crippen molar-refractivity contribution in [1.29, 1.82) is 0 Å². The van der Waals surface area contributed by atoms with Gasteiger partial charge in [-0.3, -0.25) is 19.2 Å². The highest BCUT2D eigenvalue weighted by molar-refractivity contribution is 6.12. The third-order valence-corrected chi connectivity index (χ3v) is 2.52. The predicted molar refractivity (Wildman–Crippen MR) is 59.8 cm³/mol. The normalized spacial score (nSPS) is 10.1. The molecule has 5 heteroatoms. The number of carbonyl (C=O) groups excluding carboxylic acids is 4. The Bertz CT molecular complexity index is 639. The third kappa shape index (κ3) is 1.57. The molecule has 0 radical (unpaired) electrons. The van der Waals surface area contributed by atoms with Crippen LogP contribution in [0, 0.1) is 0 Å². The number of aldehydes is 4. The van der Waals surface area contributed by atoms with Crippen LogP contribution in [0.2, 0.25) is 0 Å². The van der Waals surface area contributed by atoms with Crippen LogP contribution in [-0.4, -0.2) is 30.1 Å². The average molecular weight is 229 g/mol. The van der Waals surface area contributed by atoms with Gasteiger partial charge >= 0.3 is 0 Å². The Hall–Kier alpha value is -2.56. The van der Waals surface area contributed by atoms with Crippen molar-refractivity contribution < 1.29 is 19.2 Å². The van der Waals surface area contributed by atoms with E-state index in [-0.39, 0.29) is 22.5 Å². The first-order chi connectivity index (χ1) is 8.24. The molecule has 0 saturated heterocycles. The number of H-pyrrole nitrogens is 1. The van der Waals surface area contributed by atoms with Crippen LogP contribution in [0.1, 0.15) is 41.7 Å². The molecule has 0 atom stereocenters. The largest absolute Gasteiger partial charge is 0.349 e. The smallest absolute Gasteiger partial charge is 0.166 e. The van der Waals surface area contributed by atoms with Crippen molar-refractivity contribution in [3.05, 3.63) is 34.6 Å². The molecule has 1 heterocycles. The van der Waals surface area contributed by atoms with Crippen LogP contribution in [0.5, 0.6) is 0 Å². The highest BCUT2D eigenvalue weighted by Crippen LogP contribution is 2.25. The monoisotopic (exact) mass is 229 g/mol. The quantitative estimate of drug-likeness (QED) is 0.803. The van der Waals surface area contributed by atoms with E-state index in [1.165, 1.54) is 12.1 Å².